The van der Waals surface area contributed by atoms with E-state index in [0.29, 0.717) is 5.52 Å². The fraction of sp³-hybridized carbons (Fsp3) is 0.318. The van der Waals surface area contributed by atoms with E-state index in [0.717, 1.165) is 18.2 Å². The van der Waals surface area contributed by atoms with Crippen molar-refractivity contribution in [1.82, 2.24) is 14.7 Å². The number of pyridine rings is 1. The molecule has 2 atom stereocenters. The van der Waals surface area contributed by atoms with Crippen LogP contribution in [0.5, 0.6) is 0 Å². The van der Waals surface area contributed by atoms with Crippen LogP contribution in [0.15, 0.2) is 42.7 Å². The lowest BCUT2D eigenvalue weighted by atomic mass is 9.89. The number of imidazole rings is 1. The lowest BCUT2D eigenvalue weighted by Gasteiger charge is -2.33. The third kappa shape index (κ3) is 4.58. The highest BCUT2D eigenvalue weighted by Gasteiger charge is 2.41. The third-order valence-electron chi connectivity index (χ3n) is 5.76. The standard InChI is InChI=1S/C22H19F5N4O3/c23-21(24)5-3-17(32)16(9-21)30-20(34)12-1-2-15(22(25,26)27)14(8-12)11-4-6-31-13(7-11)10-29-19(31)18(28)33/h1-2,4,6-8,10,16-17,32H,3,5,9H2,(H2,28,33)(H,30,34)/t16-,17-/m0/s1. The Hall–Kier alpha value is -3.54. The van der Waals surface area contributed by atoms with E-state index in [1.807, 2.05) is 0 Å². The summed E-state index contributed by atoms with van der Waals surface area (Å²) in [6.45, 7) is 0. The van der Waals surface area contributed by atoms with E-state index in [-0.39, 0.29) is 28.9 Å². The number of alkyl halides is 5. The minimum absolute atomic E-state index is 0.0784. The molecular weight excluding hydrogens is 463 g/mol. The molecule has 12 heteroatoms. The van der Waals surface area contributed by atoms with Crippen LogP contribution in [0.3, 0.4) is 0 Å². The Morgan fingerprint density at radius 2 is 1.94 bits per heavy atom. The fourth-order valence-electron chi connectivity index (χ4n) is 4.04. The number of amides is 2. The van der Waals surface area contributed by atoms with Gasteiger partial charge in [0.05, 0.1) is 29.4 Å². The largest absolute Gasteiger partial charge is 0.417 e. The smallest absolute Gasteiger partial charge is 0.391 e. The maximum absolute atomic E-state index is 13.7. The van der Waals surface area contributed by atoms with E-state index in [2.05, 4.69) is 10.3 Å². The Balaban J connectivity index is 1.72. The van der Waals surface area contributed by atoms with Crippen LogP contribution < -0.4 is 11.1 Å². The Labute approximate surface area is 189 Å². The van der Waals surface area contributed by atoms with Crippen LogP contribution in [0.25, 0.3) is 16.6 Å². The summed E-state index contributed by atoms with van der Waals surface area (Å²) in [5.41, 5.74) is 4.05. The van der Waals surface area contributed by atoms with Gasteiger partial charge >= 0.3 is 6.18 Å². The van der Waals surface area contributed by atoms with E-state index in [4.69, 9.17) is 5.73 Å². The SMILES string of the molecule is NC(=O)c1ncc2cc(-c3cc(C(=O)N[C@H]4CC(F)(F)CC[C@@H]4O)ccc3C(F)(F)F)ccn12. The number of halogens is 5. The minimum Gasteiger partial charge on any atom is -0.391 e. The summed E-state index contributed by atoms with van der Waals surface area (Å²) in [5, 5.41) is 12.3. The lowest BCUT2D eigenvalue weighted by Crippen LogP contribution is -2.50. The quantitative estimate of drug-likeness (QED) is 0.495. The first-order valence-electron chi connectivity index (χ1n) is 10.2. The number of fused-ring (bicyclic) bond motifs is 1. The van der Waals surface area contributed by atoms with E-state index in [1.54, 1.807) is 0 Å². The van der Waals surface area contributed by atoms with Crippen LogP contribution in [0, 0.1) is 0 Å². The molecule has 1 aromatic carbocycles. The van der Waals surface area contributed by atoms with Gasteiger partial charge in [0, 0.05) is 24.6 Å². The number of nitrogens with two attached hydrogens (primary N) is 1. The predicted molar refractivity (Wildman–Crippen MR) is 110 cm³/mol. The van der Waals surface area contributed by atoms with E-state index >= 15 is 0 Å². The molecule has 2 aromatic heterocycles. The number of benzene rings is 1. The summed E-state index contributed by atoms with van der Waals surface area (Å²) in [6, 6.07) is 4.08. The van der Waals surface area contributed by atoms with Crippen LogP contribution in [-0.2, 0) is 6.18 Å². The summed E-state index contributed by atoms with van der Waals surface area (Å²) >= 11 is 0. The second kappa shape index (κ2) is 8.35. The molecule has 2 heterocycles. The number of hydrogen-bond acceptors (Lipinski definition) is 4. The van der Waals surface area contributed by atoms with Gasteiger partial charge in [-0.2, -0.15) is 13.2 Å². The minimum atomic E-state index is -4.75. The molecule has 180 valence electrons. The van der Waals surface area contributed by atoms with Crippen LogP contribution >= 0.6 is 0 Å². The summed E-state index contributed by atoms with van der Waals surface area (Å²) in [6.07, 6.45) is -4.86. The molecule has 0 saturated heterocycles. The average molecular weight is 482 g/mol. The summed E-state index contributed by atoms with van der Waals surface area (Å²) in [7, 11) is 0. The van der Waals surface area contributed by atoms with Crippen molar-refractivity contribution in [3.63, 3.8) is 0 Å². The molecule has 0 spiro atoms. The van der Waals surface area contributed by atoms with Gasteiger partial charge < -0.3 is 16.2 Å². The topological polar surface area (TPSA) is 110 Å². The number of nitrogens with zero attached hydrogens (tertiary/aromatic N) is 2. The molecule has 1 aliphatic carbocycles. The molecule has 34 heavy (non-hydrogen) atoms. The summed E-state index contributed by atoms with van der Waals surface area (Å²) in [5.74, 6) is -4.88. The van der Waals surface area contributed by atoms with Gasteiger partial charge in [0.2, 0.25) is 11.7 Å². The highest BCUT2D eigenvalue weighted by atomic mass is 19.4. The normalized spacial score (nSPS) is 20.3. The van der Waals surface area contributed by atoms with Gasteiger partial charge in [0.15, 0.2) is 0 Å². The predicted octanol–water partition coefficient (Wildman–Crippen LogP) is 3.40. The van der Waals surface area contributed by atoms with Crippen LogP contribution in [0.4, 0.5) is 22.0 Å². The molecule has 3 aromatic rings. The zero-order valence-electron chi connectivity index (χ0n) is 17.4. The number of aromatic nitrogens is 2. The first kappa shape index (κ1) is 23.6. The van der Waals surface area contributed by atoms with Crippen molar-refractivity contribution in [2.24, 2.45) is 5.73 Å². The number of rotatable bonds is 4. The van der Waals surface area contributed by atoms with Crippen LogP contribution in [0.1, 0.15) is 45.8 Å². The Morgan fingerprint density at radius 3 is 2.62 bits per heavy atom. The molecule has 0 unspecified atom stereocenters. The Bertz CT molecular complexity index is 1270. The molecule has 1 aliphatic rings. The van der Waals surface area contributed by atoms with Crippen molar-refractivity contribution in [2.75, 3.05) is 0 Å². The number of carbonyl (C=O) groups is 2. The highest BCUT2D eigenvalue weighted by molar-refractivity contribution is 5.96. The zero-order valence-corrected chi connectivity index (χ0v) is 17.4. The first-order chi connectivity index (χ1) is 15.9. The molecule has 0 radical (unpaired) electrons. The van der Waals surface area contributed by atoms with Gasteiger partial charge in [-0.25, -0.2) is 13.8 Å². The maximum Gasteiger partial charge on any atom is 0.417 e. The molecule has 4 rings (SSSR count). The molecule has 2 amide bonds. The fourth-order valence-corrected chi connectivity index (χ4v) is 4.04. The molecule has 7 nitrogen and oxygen atoms in total. The van der Waals surface area contributed by atoms with Crippen molar-refractivity contribution in [1.29, 1.82) is 0 Å². The van der Waals surface area contributed by atoms with E-state index in [9.17, 15) is 36.6 Å². The highest BCUT2D eigenvalue weighted by Crippen LogP contribution is 2.38. The summed E-state index contributed by atoms with van der Waals surface area (Å²) in [4.78, 5) is 28.0. The van der Waals surface area contributed by atoms with Gasteiger partial charge in [0.1, 0.15) is 0 Å². The van der Waals surface area contributed by atoms with Gasteiger partial charge in [-0.15, -0.1) is 0 Å². The van der Waals surface area contributed by atoms with Crippen molar-refractivity contribution < 1.29 is 36.6 Å². The summed E-state index contributed by atoms with van der Waals surface area (Å²) < 4.78 is 69.8. The van der Waals surface area contributed by atoms with E-state index in [1.165, 1.54) is 28.9 Å². The maximum atomic E-state index is 13.7. The van der Waals surface area contributed by atoms with Gasteiger partial charge in [0.25, 0.3) is 11.8 Å². The third-order valence-corrected chi connectivity index (χ3v) is 5.76. The molecule has 0 bridgehead atoms. The van der Waals surface area contributed by atoms with Crippen molar-refractivity contribution >= 4 is 17.3 Å². The second-order valence-corrected chi connectivity index (χ2v) is 8.16. The molecule has 1 saturated carbocycles. The Kier molecular flexibility index (Phi) is 5.80. The van der Waals surface area contributed by atoms with Crippen molar-refractivity contribution in [3.8, 4) is 11.1 Å². The number of carbonyl (C=O) groups excluding carboxylic acids is 2. The monoisotopic (exact) mass is 482 g/mol. The van der Waals surface area contributed by atoms with Gasteiger partial charge in [-0.3, -0.25) is 14.0 Å². The van der Waals surface area contributed by atoms with E-state index < -0.39 is 54.5 Å². The molecule has 4 N–H and O–H groups in total. The molecule has 0 aliphatic heterocycles. The van der Waals surface area contributed by atoms with Gasteiger partial charge in [-0.05, 0) is 47.9 Å². The second-order valence-electron chi connectivity index (χ2n) is 8.16. The van der Waals surface area contributed by atoms with Crippen molar-refractivity contribution in [2.45, 2.75) is 43.5 Å². The number of hydrogen-bond donors (Lipinski definition) is 3. The van der Waals surface area contributed by atoms with Crippen LogP contribution in [-0.4, -0.2) is 44.4 Å². The number of primary amides is 1. The average Bonchev–Trinajstić information content (AvgIpc) is 3.18. The molecule has 1 fully saturated rings. The Morgan fingerprint density at radius 1 is 1.21 bits per heavy atom. The van der Waals surface area contributed by atoms with Gasteiger partial charge in [-0.1, -0.05) is 0 Å². The van der Waals surface area contributed by atoms with Crippen molar-refractivity contribution in [3.05, 3.63) is 59.7 Å². The number of aliphatic hydroxyl groups is 1. The number of nitrogens with one attached hydrogen (secondary N) is 1. The zero-order chi connectivity index (χ0) is 24.8. The van der Waals surface area contributed by atoms with Crippen LogP contribution in [0.2, 0.25) is 0 Å². The lowest BCUT2D eigenvalue weighted by molar-refractivity contribution is -0.137. The first-order valence-corrected chi connectivity index (χ1v) is 10.2. The number of aliphatic hydroxyl groups excluding tert-OH is 1. The molecular formula is C22H19F5N4O3.